The van der Waals surface area contributed by atoms with Gasteiger partial charge in [0.1, 0.15) is 11.7 Å². The molecule has 0 radical (unpaired) electrons. The Morgan fingerprint density at radius 3 is 2.58 bits per heavy atom. The number of aromatic nitrogens is 1. The molecule has 0 saturated heterocycles. The van der Waals surface area contributed by atoms with Crippen LogP contribution in [0.15, 0.2) is 35.3 Å². The number of hydrogen-bond acceptors (Lipinski definition) is 4. The highest BCUT2D eigenvalue weighted by molar-refractivity contribution is 6.33. The van der Waals surface area contributed by atoms with Gasteiger partial charge >= 0.3 is 5.97 Å². The van der Waals surface area contributed by atoms with Crippen molar-refractivity contribution in [1.82, 2.24) is 4.57 Å². The van der Waals surface area contributed by atoms with Crippen molar-refractivity contribution >= 4 is 34.9 Å². The number of anilines is 2. The number of rotatable bonds is 4. The van der Waals surface area contributed by atoms with Gasteiger partial charge in [-0.15, -0.1) is 0 Å². The summed E-state index contributed by atoms with van der Waals surface area (Å²) in [4.78, 5) is 35.9. The Labute approximate surface area is 142 Å². The van der Waals surface area contributed by atoms with Crippen LogP contribution in [0.1, 0.15) is 28.9 Å². The monoisotopic (exact) mass is 349 g/mol. The third-order valence-electron chi connectivity index (χ3n) is 3.60. The second kappa shape index (κ2) is 6.76. The van der Waals surface area contributed by atoms with Crippen LogP contribution >= 0.6 is 11.6 Å². The lowest BCUT2D eigenvalue weighted by Gasteiger charge is -2.14. The van der Waals surface area contributed by atoms with Crippen LogP contribution in [0.5, 0.6) is 0 Å². The smallest absolute Gasteiger partial charge is 0.326 e. The number of carboxylic acid groups (broad SMARTS) is 1. The van der Waals surface area contributed by atoms with E-state index in [1.807, 2.05) is 0 Å². The fourth-order valence-electron chi connectivity index (χ4n) is 2.07. The number of hydrogen-bond donors (Lipinski definition) is 3. The summed E-state index contributed by atoms with van der Waals surface area (Å²) in [7, 11) is 0. The van der Waals surface area contributed by atoms with E-state index < -0.39 is 23.5 Å². The van der Waals surface area contributed by atoms with Crippen LogP contribution in [0.4, 0.5) is 11.4 Å². The van der Waals surface area contributed by atoms with Gasteiger partial charge in [0.25, 0.3) is 11.5 Å². The molecule has 1 atom stereocenters. The summed E-state index contributed by atoms with van der Waals surface area (Å²) in [5.41, 5.74) is 6.10. The van der Waals surface area contributed by atoms with Gasteiger partial charge in [0, 0.05) is 11.8 Å². The fraction of sp³-hybridized carbons (Fsp3) is 0.188. The molecule has 4 N–H and O–H groups in total. The molecule has 2 aromatic rings. The number of aryl methyl sites for hydroxylation is 1. The number of pyridine rings is 1. The van der Waals surface area contributed by atoms with Crippen molar-refractivity contribution in [3.8, 4) is 0 Å². The van der Waals surface area contributed by atoms with Crippen molar-refractivity contribution in [2.45, 2.75) is 19.9 Å². The summed E-state index contributed by atoms with van der Waals surface area (Å²) in [6.07, 6.45) is 1.38. The molecule has 24 heavy (non-hydrogen) atoms. The SMILES string of the molecule is Cc1ccn(C(C)C(=O)O)c(=O)c1NC(=O)c1ccc(N)c(Cl)c1. The molecule has 1 aromatic heterocycles. The molecule has 8 heteroatoms. The van der Waals surface area contributed by atoms with Gasteiger partial charge in [-0.25, -0.2) is 4.79 Å². The zero-order chi connectivity index (χ0) is 18.0. The number of halogens is 1. The summed E-state index contributed by atoms with van der Waals surface area (Å²) < 4.78 is 1.04. The van der Waals surface area contributed by atoms with Gasteiger partial charge in [0.05, 0.1) is 10.7 Å². The normalized spacial score (nSPS) is 11.8. The molecule has 0 aliphatic carbocycles. The third-order valence-corrected chi connectivity index (χ3v) is 3.93. The first-order chi connectivity index (χ1) is 11.2. The zero-order valence-electron chi connectivity index (χ0n) is 13.0. The maximum Gasteiger partial charge on any atom is 0.326 e. The van der Waals surface area contributed by atoms with Gasteiger partial charge in [0.2, 0.25) is 0 Å². The zero-order valence-corrected chi connectivity index (χ0v) is 13.8. The first kappa shape index (κ1) is 17.6. The number of carboxylic acids is 1. The molecule has 1 aromatic carbocycles. The van der Waals surface area contributed by atoms with E-state index in [4.69, 9.17) is 22.4 Å². The maximum absolute atomic E-state index is 12.5. The molecule has 2 rings (SSSR count). The van der Waals surface area contributed by atoms with Gasteiger partial charge in [-0.2, -0.15) is 0 Å². The minimum atomic E-state index is -1.15. The van der Waals surface area contributed by atoms with E-state index >= 15 is 0 Å². The Morgan fingerprint density at radius 1 is 1.33 bits per heavy atom. The standard InChI is InChI=1S/C16H16ClN3O4/c1-8-5-6-20(9(2)16(23)24)15(22)13(8)19-14(21)10-3-4-12(18)11(17)7-10/h3-7,9H,18H2,1-2H3,(H,19,21)(H,23,24). The minimum Gasteiger partial charge on any atom is -0.480 e. The first-order valence-electron chi connectivity index (χ1n) is 7.03. The Bertz CT molecular complexity index is 876. The second-order valence-electron chi connectivity index (χ2n) is 5.29. The lowest BCUT2D eigenvalue weighted by Crippen LogP contribution is -2.31. The summed E-state index contributed by atoms with van der Waals surface area (Å²) in [5, 5.41) is 11.8. The number of nitrogen functional groups attached to an aromatic ring is 1. The topological polar surface area (TPSA) is 114 Å². The average Bonchev–Trinajstić information content (AvgIpc) is 2.53. The first-order valence-corrected chi connectivity index (χ1v) is 7.41. The number of nitrogens with one attached hydrogen (secondary N) is 1. The number of nitrogens with two attached hydrogens (primary N) is 1. The Kier molecular flexibility index (Phi) is 4.94. The molecule has 0 saturated carbocycles. The van der Waals surface area contributed by atoms with Gasteiger partial charge in [-0.1, -0.05) is 11.6 Å². The van der Waals surface area contributed by atoms with Crippen LogP contribution in [0, 0.1) is 6.92 Å². The Hall–Kier alpha value is -2.80. The molecule has 1 heterocycles. The van der Waals surface area contributed by atoms with Crippen LogP contribution < -0.4 is 16.6 Å². The van der Waals surface area contributed by atoms with Gasteiger partial charge in [0.15, 0.2) is 0 Å². The fourth-order valence-corrected chi connectivity index (χ4v) is 2.25. The van der Waals surface area contributed by atoms with E-state index in [9.17, 15) is 14.4 Å². The molecule has 0 spiro atoms. The van der Waals surface area contributed by atoms with Crippen LogP contribution in [-0.2, 0) is 4.79 Å². The Balaban J connectivity index is 2.40. The van der Waals surface area contributed by atoms with Gasteiger partial charge in [-0.3, -0.25) is 14.2 Å². The summed E-state index contributed by atoms with van der Waals surface area (Å²) in [5.74, 6) is -1.69. The minimum absolute atomic E-state index is 0.0172. The predicted octanol–water partition coefficient (Wildman–Crippen LogP) is 2.29. The van der Waals surface area contributed by atoms with E-state index in [1.54, 1.807) is 13.0 Å². The van der Waals surface area contributed by atoms with Crippen molar-refractivity contribution in [2.75, 3.05) is 11.1 Å². The predicted molar refractivity (Wildman–Crippen MR) is 91.6 cm³/mol. The van der Waals surface area contributed by atoms with Crippen molar-refractivity contribution in [3.05, 3.63) is 57.0 Å². The number of amides is 1. The highest BCUT2D eigenvalue weighted by Crippen LogP contribution is 2.20. The van der Waals surface area contributed by atoms with Gasteiger partial charge < -0.3 is 16.2 Å². The molecule has 0 fully saturated rings. The van der Waals surface area contributed by atoms with Crippen LogP contribution in [0.2, 0.25) is 5.02 Å². The quantitative estimate of drug-likeness (QED) is 0.732. The van der Waals surface area contributed by atoms with Crippen molar-refractivity contribution in [1.29, 1.82) is 0 Å². The van der Waals surface area contributed by atoms with Crippen LogP contribution in [0.3, 0.4) is 0 Å². The highest BCUT2D eigenvalue weighted by atomic mass is 35.5. The van der Waals surface area contributed by atoms with Crippen molar-refractivity contribution in [3.63, 3.8) is 0 Å². The summed E-state index contributed by atoms with van der Waals surface area (Å²) >= 11 is 5.89. The summed E-state index contributed by atoms with van der Waals surface area (Å²) in [6.45, 7) is 3.02. The summed E-state index contributed by atoms with van der Waals surface area (Å²) in [6, 6.07) is 4.86. The van der Waals surface area contributed by atoms with E-state index in [0.29, 0.717) is 11.3 Å². The van der Waals surface area contributed by atoms with E-state index in [0.717, 1.165) is 4.57 Å². The van der Waals surface area contributed by atoms with Crippen LogP contribution in [0.25, 0.3) is 0 Å². The molecule has 0 aliphatic rings. The maximum atomic E-state index is 12.5. The molecule has 0 bridgehead atoms. The molecular formula is C16H16ClN3O4. The number of carbonyl (C=O) groups excluding carboxylic acids is 1. The molecular weight excluding hydrogens is 334 g/mol. The largest absolute Gasteiger partial charge is 0.480 e. The Morgan fingerprint density at radius 2 is 2.00 bits per heavy atom. The van der Waals surface area contributed by atoms with E-state index in [-0.39, 0.29) is 16.3 Å². The molecule has 1 unspecified atom stereocenters. The number of carbonyl (C=O) groups is 2. The molecule has 1 amide bonds. The molecule has 0 aliphatic heterocycles. The van der Waals surface area contributed by atoms with Crippen molar-refractivity contribution in [2.24, 2.45) is 0 Å². The molecule has 7 nitrogen and oxygen atoms in total. The third kappa shape index (κ3) is 3.41. The average molecular weight is 350 g/mol. The van der Waals surface area contributed by atoms with Gasteiger partial charge in [-0.05, 0) is 43.7 Å². The number of aliphatic carboxylic acids is 1. The lowest BCUT2D eigenvalue weighted by molar-refractivity contribution is -0.140. The highest BCUT2D eigenvalue weighted by Gasteiger charge is 2.19. The molecule has 126 valence electrons. The van der Waals surface area contributed by atoms with Crippen LogP contribution in [-0.4, -0.2) is 21.6 Å². The van der Waals surface area contributed by atoms with Crippen molar-refractivity contribution < 1.29 is 14.7 Å². The second-order valence-corrected chi connectivity index (χ2v) is 5.70. The van der Waals surface area contributed by atoms with E-state index in [2.05, 4.69) is 5.32 Å². The number of benzene rings is 1. The number of nitrogens with zero attached hydrogens (tertiary/aromatic N) is 1. The van der Waals surface area contributed by atoms with E-state index in [1.165, 1.54) is 31.3 Å². The lowest BCUT2D eigenvalue weighted by atomic mass is 10.1.